The number of aromatic amines is 1. The summed E-state index contributed by atoms with van der Waals surface area (Å²) in [6.45, 7) is 3.08. The number of anilines is 1. The van der Waals surface area contributed by atoms with Crippen LogP contribution in [0.2, 0.25) is 5.02 Å². The summed E-state index contributed by atoms with van der Waals surface area (Å²) in [5, 5.41) is 11.4. The van der Waals surface area contributed by atoms with E-state index in [1.54, 1.807) is 35.9 Å². The van der Waals surface area contributed by atoms with Gasteiger partial charge in [-0.15, -0.1) is 0 Å². The number of piperidine rings is 1. The predicted molar refractivity (Wildman–Crippen MR) is 124 cm³/mol. The average Bonchev–Trinajstić information content (AvgIpc) is 3.16. The van der Waals surface area contributed by atoms with Gasteiger partial charge in [0.05, 0.1) is 6.54 Å². The second kappa shape index (κ2) is 9.38. The van der Waals surface area contributed by atoms with Crippen molar-refractivity contribution in [3.8, 4) is 5.75 Å². The van der Waals surface area contributed by atoms with Crippen LogP contribution in [0.15, 0.2) is 33.9 Å². The highest BCUT2D eigenvalue weighted by molar-refractivity contribution is 6.30. The summed E-state index contributed by atoms with van der Waals surface area (Å²) in [7, 11) is 1.58. The van der Waals surface area contributed by atoms with Crippen LogP contribution in [0.1, 0.15) is 32.6 Å². The van der Waals surface area contributed by atoms with Crippen molar-refractivity contribution in [1.29, 1.82) is 0 Å². The number of nitrogens with one attached hydrogen (secondary N) is 1. The summed E-state index contributed by atoms with van der Waals surface area (Å²) in [4.78, 5) is 34.1. The van der Waals surface area contributed by atoms with E-state index in [-0.39, 0.29) is 24.7 Å². The lowest BCUT2D eigenvalue weighted by molar-refractivity contribution is 0.0935. The van der Waals surface area contributed by atoms with Crippen molar-refractivity contribution in [3.05, 3.63) is 50.1 Å². The average molecular weight is 462 g/mol. The highest BCUT2D eigenvalue weighted by Gasteiger charge is 2.28. The molecule has 32 heavy (non-hydrogen) atoms. The molecule has 172 valence electrons. The fraction of sp³-hybridized carbons (Fsp3) is 0.500. The summed E-state index contributed by atoms with van der Waals surface area (Å²) in [6, 6.07) is 7.18. The number of benzene rings is 1. The van der Waals surface area contributed by atoms with E-state index in [1.165, 1.54) is 4.57 Å². The zero-order valence-electron chi connectivity index (χ0n) is 18.3. The maximum Gasteiger partial charge on any atom is 0.329 e. The number of aliphatic hydroxyl groups excluding tert-OH is 1. The van der Waals surface area contributed by atoms with Crippen molar-refractivity contribution >= 4 is 28.7 Å². The highest BCUT2D eigenvalue weighted by atomic mass is 35.5. The minimum Gasteiger partial charge on any atom is -0.491 e. The minimum atomic E-state index is -0.900. The first-order chi connectivity index (χ1) is 15.4. The van der Waals surface area contributed by atoms with E-state index in [1.807, 2.05) is 0 Å². The van der Waals surface area contributed by atoms with Crippen LogP contribution in [0.5, 0.6) is 5.75 Å². The smallest absolute Gasteiger partial charge is 0.329 e. The molecule has 0 spiro atoms. The van der Waals surface area contributed by atoms with Crippen LogP contribution in [0, 0.1) is 0 Å². The molecule has 0 bridgehead atoms. The van der Waals surface area contributed by atoms with Crippen molar-refractivity contribution in [2.24, 2.45) is 7.05 Å². The fourth-order valence-electron chi connectivity index (χ4n) is 4.29. The standard InChI is InChI=1S/C22H28ClN5O4/c1-3-15-6-4-5-11-27(15)21-24-19-18(20(30)25-22(31)26(19)2)28(21)12-16(29)13-32-17-9-7-14(23)8-10-17/h7-10,15-16,29H,3-6,11-13H2,1-2H3,(H,25,30,31)/t15-,16+/m0/s1. The third-order valence-electron chi connectivity index (χ3n) is 5.99. The number of H-pyrrole nitrogens is 1. The first-order valence-electron chi connectivity index (χ1n) is 10.9. The molecule has 0 unspecified atom stereocenters. The van der Waals surface area contributed by atoms with Gasteiger partial charge in [-0.25, -0.2) is 4.79 Å². The van der Waals surface area contributed by atoms with Crippen molar-refractivity contribution in [3.63, 3.8) is 0 Å². The molecule has 1 aliphatic heterocycles. The Bertz CT molecular complexity index is 1200. The van der Waals surface area contributed by atoms with E-state index >= 15 is 0 Å². The molecule has 1 fully saturated rings. The molecule has 2 atom stereocenters. The molecule has 2 aromatic heterocycles. The highest BCUT2D eigenvalue weighted by Crippen LogP contribution is 2.28. The Kier molecular flexibility index (Phi) is 6.57. The molecule has 10 heteroatoms. The lowest BCUT2D eigenvalue weighted by Crippen LogP contribution is -2.41. The number of ether oxygens (including phenoxy) is 1. The monoisotopic (exact) mass is 461 g/mol. The van der Waals surface area contributed by atoms with Gasteiger partial charge in [0.2, 0.25) is 5.95 Å². The predicted octanol–water partition coefficient (Wildman–Crippen LogP) is 2.29. The zero-order valence-corrected chi connectivity index (χ0v) is 19.0. The van der Waals surface area contributed by atoms with Gasteiger partial charge in [0.1, 0.15) is 18.5 Å². The van der Waals surface area contributed by atoms with Crippen LogP contribution in [0.4, 0.5) is 5.95 Å². The van der Waals surface area contributed by atoms with Gasteiger partial charge in [0.15, 0.2) is 11.2 Å². The first-order valence-corrected chi connectivity index (χ1v) is 11.3. The van der Waals surface area contributed by atoms with E-state index in [0.29, 0.717) is 22.4 Å². The van der Waals surface area contributed by atoms with Gasteiger partial charge in [-0.05, 0) is 49.9 Å². The van der Waals surface area contributed by atoms with Crippen LogP contribution in [-0.2, 0) is 13.6 Å². The topological polar surface area (TPSA) is 105 Å². The molecule has 3 aromatic rings. The molecule has 2 N–H and O–H groups in total. The summed E-state index contributed by atoms with van der Waals surface area (Å²) < 4.78 is 8.74. The molecular weight excluding hydrogens is 434 g/mol. The number of halogens is 1. The second-order valence-electron chi connectivity index (χ2n) is 8.18. The largest absolute Gasteiger partial charge is 0.491 e. The number of hydrogen-bond donors (Lipinski definition) is 2. The van der Waals surface area contributed by atoms with E-state index in [2.05, 4.69) is 16.8 Å². The number of aliphatic hydroxyl groups is 1. The SMILES string of the molecule is CC[C@H]1CCCCN1c1nc2c(c(=O)[nH]c(=O)n2C)n1C[C@@H](O)COc1ccc(Cl)cc1. The third-order valence-corrected chi connectivity index (χ3v) is 6.24. The Morgan fingerprint density at radius 3 is 2.75 bits per heavy atom. The number of aryl methyl sites for hydroxylation is 1. The van der Waals surface area contributed by atoms with Gasteiger partial charge >= 0.3 is 5.69 Å². The Balaban J connectivity index is 1.69. The molecule has 1 aliphatic rings. The quantitative estimate of drug-likeness (QED) is 0.559. The van der Waals surface area contributed by atoms with Crippen LogP contribution >= 0.6 is 11.6 Å². The molecule has 3 heterocycles. The Hall–Kier alpha value is -2.78. The minimum absolute atomic E-state index is 0.0294. The summed E-state index contributed by atoms with van der Waals surface area (Å²) in [5.74, 6) is 1.19. The van der Waals surface area contributed by atoms with Gasteiger partial charge in [0.25, 0.3) is 5.56 Å². The molecule has 0 radical (unpaired) electrons. The van der Waals surface area contributed by atoms with Crippen LogP contribution in [0.25, 0.3) is 11.2 Å². The number of rotatable bonds is 7. The number of fused-ring (bicyclic) bond motifs is 1. The second-order valence-corrected chi connectivity index (χ2v) is 8.62. The zero-order chi connectivity index (χ0) is 22.8. The summed E-state index contributed by atoms with van der Waals surface area (Å²) >= 11 is 5.90. The number of nitrogens with zero attached hydrogens (tertiary/aromatic N) is 4. The van der Waals surface area contributed by atoms with E-state index in [0.717, 1.165) is 32.2 Å². The Morgan fingerprint density at radius 1 is 1.28 bits per heavy atom. The number of imidazole rings is 1. The third kappa shape index (κ3) is 4.40. The maximum atomic E-state index is 12.7. The van der Waals surface area contributed by atoms with Crippen LogP contribution in [-0.4, -0.2) is 49.5 Å². The maximum absolute atomic E-state index is 12.7. The molecule has 4 rings (SSSR count). The molecular formula is C22H28ClN5O4. The first kappa shape index (κ1) is 22.4. The summed E-state index contributed by atoms with van der Waals surface area (Å²) in [5.41, 5.74) is -0.457. The molecule has 1 saturated heterocycles. The lowest BCUT2D eigenvalue weighted by atomic mass is 10.0. The fourth-order valence-corrected chi connectivity index (χ4v) is 4.42. The van der Waals surface area contributed by atoms with Crippen LogP contribution < -0.4 is 20.9 Å². The normalized spacial score (nSPS) is 17.6. The van der Waals surface area contributed by atoms with Crippen LogP contribution in [0.3, 0.4) is 0 Å². The number of aromatic nitrogens is 4. The van der Waals surface area contributed by atoms with Gasteiger partial charge in [-0.2, -0.15) is 4.98 Å². The Labute approximate surface area is 190 Å². The van der Waals surface area contributed by atoms with Crippen molar-refractivity contribution in [2.45, 2.75) is 51.3 Å². The van der Waals surface area contributed by atoms with Gasteiger partial charge in [-0.3, -0.25) is 14.3 Å². The van der Waals surface area contributed by atoms with Gasteiger partial charge in [0, 0.05) is 24.7 Å². The van der Waals surface area contributed by atoms with Gasteiger partial charge in [-0.1, -0.05) is 18.5 Å². The Morgan fingerprint density at radius 2 is 2.03 bits per heavy atom. The van der Waals surface area contributed by atoms with E-state index < -0.39 is 17.4 Å². The molecule has 0 amide bonds. The van der Waals surface area contributed by atoms with E-state index in [9.17, 15) is 14.7 Å². The molecule has 0 saturated carbocycles. The number of hydrogen-bond acceptors (Lipinski definition) is 6. The van der Waals surface area contributed by atoms with Gasteiger partial charge < -0.3 is 19.3 Å². The molecule has 1 aromatic carbocycles. The summed E-state index contributed by atoms with van der Waals surface area (Å²) in [6.07, 6.45) is 3.25. The molecule has 0 aliphatic carbocycles. The van der Waals surface area contributed by atoms with Crippen molar-refractivity contribution in [2.75, 3.05) is 18.1 Å². The lowest BCUT2D eigenvalue weighted by Gasteiger charge is -2.36. The van der Waals surface area contributed by atoms with Crippen molar-refractivity contribution in [1.82, 2.24) is 19.1 Å². The van der Waals surface area contributed by atoms with E-state index in [4.69, 9.17) is 21.3 Å². The molecule has 9 nitrogen and oxygen atoms in total. The van der Waals surface area contributed by atoms with Crippen molar-refractivity contribution < 1.29 is 9.84 Å².